The molecule has 1 aromatic carbocycles. The summed E-state index contributed by atoms with van der Waals surface area (Å²) in [5, 5.41) is 12.4. The summed E-state index contributed by atoms with van der Waals surface area (Å²) in [6, 6.07) is 2.46. The molecule has 1 aliphatic carbocycles. The number of benzene rings is 1. The van der Waals surface area contributed by atoms with Gasteiger partial charge in [-0.1, -0.05) is 19.3 Å². The largest absolute Gasteiger partial charge is 0.416 e. The highest BCUT2D eigenvalue weighted by molar-refractivity contribution is 5.47. The Hall–Kier alpha value is -1.30. The number of halogens is 4. The van der Waals surface area contributed by atoms with E-state index in [0.717, 1.165) is 44.2 Å². The highest BCUT2D eigenvalue weighted by atomic mass is 19.4. The molecule has 0 heterocycles. The number of rotatable bonds is 4. The minimum Gasteiger partial charge on any atom is -0.396 e. The lowest BCUT2D eigenvalue weighted by molar-refractivity contribution is -0.137. The molecule has 2 rings (SSSR count). The van der Waals surface area contributed by atoms with Crippen LogP contribution in [-0.4, -0.2) is 18.3 Å². The van der Waals surface area contributed by atoms with Gasteiger partial charge in [-0.05, 0) is 31.0 Å². The Bertz CT molecular complexity index is 481. The van der Waals surface area contributed by atoms with Gasteiger partial charge in [-0.15, -0.1) is 0 Å². The van der Waals surface area contributed by atoms with Crippen LogP contribution in [0.25, 0.3) is 0 Å². The zero-order valence-electron chi connectivity index (χ0n) is 11.6. The molecule has 2 nitrogen and oxygen atoms in total. The van der Waals surface area contributed by atoms with Crippen LogP contribution in [0, 0.1) is 11.2 Å². The van der Waals surface area contributed by atoms with Gasteiger partial charge in [0.15, 0.2) is 0 Å². The van der Waals surface area contributed by atoms with Crippen LogP contribution in [0.2, 0.25) is 0 Å². The third-order valence-electron chi connectivity index (χ3n) is 4.20. The summed E-state index contributed by atoms with van der Waals surface area (Å²) in [5.41, 5.74) is -1.26. The predicted molar refractivity (Wildman–Crippen MR) is 72.5 cm³/mol. The van der Waals surface area contributed by atoms with Gasteiger partial charge in [0.2, 0.25) is 0 Å². The topological polar surface area (TPSA) is 32.3 Å². The van der Waals surface area contributed by atoms with Gasteiger partial charge in [0.05, 0.1) is 17.9 Å². The van der Waals surface area contributed by atoms with Crippen molar-refractivity contribution in [1.82, 2.24) is 0 Å². The van der Waals surface area contributed by atoms with Crippen LogP contribution in [0.5, 0.6) is 0 Å². The molecular weight excluding hydrogens is 286 g/mol. The number of aliphatic hydroxyl groups excluding tert-OH is 1. The van der Waals surface area contributed by atoms with E-state index in [0.29, 0.717) is 12.6 Å². The fourth-order valence-corrected chi connectivity index (χ4v) is 2.81. The predicted octanol–water partition coefficient (Wildman–Crippen LogP) is 4.20. The SMILES string of the molecule is OCC1(CNc2ccc(C(F)(F)F)cc2F)CCCCC1. The third-order valence-corrected chi connectivity index (χ3v) is 4.20. The Morgan fingerprint density at radius 1 is 1.14 bits per heavy atom. The minimum atomic E-state index is -4.55. The highest BCUT2D eigenvalue weighted by Gasteiger charge is 2.33. The second-order valence-electron chi connectivity index (χ2n) is 5.76. The van der Waals surface area contributed by atoms with E-state index in [1.165, 1.54) is 0 Å². The monoisotopic (exact) mass is 305 g/mol. The molecule has 0 saturated heterocycles. The molecule has 0 bridgehead atoms. The molecule has 2 N–H and O–H groups in total. The van der Waals surface area contributed by atoms with Gasteiger partial charge in [0.1, 0.15) is 5.82 Å². The Balaban J connectivity index is 2.06. The quantitative estimate of drug-likeness (QED) is 0.817. The first-order valence-corrected chi connectivity index (χ1v) is 7.08. The maximum Gasteiger partial charge on any atom is 0.416 e. The third kappa shape index (κ3) is 3.87. The number of hydrogen-bond acceptors (Lipinski definition) is 2. The van der Waals surface area contributed by atoms with E-state index >= 15 is 0 Å². The highest BCUT2D eigenvalue weighted by Crippen LogP contribution is 2.36. The van der Waals surface area contributed by atoms with Crippen LogP contribution >= 0.6 is 0 Å². The summed E-state index contributed by atoms with van der Waals surface area (Å²) >= 11 is 0. The van der Waals surface area contributed by atoms with Crippen LogP contribution in [-0.2, 0) is 6.18 Å². The summed E-state index contributed by atoms with van der Waals surface area (Å²) in [5.74, 6) is -0.922. The first-order valence-electron chi connectivity index (χ1n) is 7.08. The first-order chi connectivity index (χ1) is 9.86. The Labute approximate surface area is 121 Å². The minimum absolute atomic E-state index is 0.00224. The first kappa shape index (κ1) is 16.1. The van der Waals surface area contributed by atoms with Crippen molar-refractivity contribution in [2.24, 2.45) is 5.41 Å². The molecule has 0 spiro atoms. The van der Waals surface area contributed by atoms with E-state index in [1.54, 1.807) is 0 Å². The van der Waals surface area contributed by atoms with E-state index in [2.05, 4.69) is 5.32 Å². The number of alkyl halides is 3. The molecule has 1 saturated carbocycles. The van der Waals surface area contributed by atoms with Crippen LogP contribution in [0.15, 0.2) is 18.2 Å². The molecule has 1 aliphatic rings. The summed E-state index contributed by atoms with van der Waals surface area (Å²) in [6.45, 7) is 0.369. The van der Waals surface area contributed by atoms with E-state index in [1.807, 2.05) is 0 Å². The maximum absolute atomic E-state index is 13.7. The van der Waals surface area contributed by atoms with Gasteiger partial charge in [-0.25, -0.2) is 4.39 Å². The normalized spacial score (nSPS) is 18.5. The van der Waals surface area contributed by atoms with Gasteiger partial charge in [-0.3, -0.25) is 0 Å². The molecule has 0 aliphatic heterocycles. The van der Waals surface area contributed by atoms with E-state index < -0.39 is 17.6 Å². The molecular formula is C15H19F4NO. The maximum atomic E-state index is 13.7. The number of nitrogens with one attached hydrogen (secondary N) is 1. The van der Waals surface area contributed by atoms with Gasteiger partial charge >= 0.3 is 6.18 Å². The lowest BCUT2D eigenvalue weighted by Crippen LogP contribution is -2.35. The molecule has 118 valence electrons. The van der Waals surface area contributed by atoms with Gasteiger partial charge in [-0.2, -0.15) is 13.2 Å². The smallest absolute Gasteiger partial charge is 0.396 e. The molecule has 0 atom stereocenters. The lowest BCUT2D eigenvalue weighted by Gasteiger charge is -2.36. The zero-order chi connectivity index (χ0) is 15.5. The van der Waals surface area contributed by atoms with Crippen LogP contribution in [0.3, 0.4) is 0 Å². The van der Waals surface area contributed by atoms with E-state index in [9.17, 15) is 22.7 Å². The van der Waals surface area contributed by atoms with Crippen LogP contribution in [0.4, 0.5) is 23.2 Å². The Kier molecular flexibility index (Phi) is 4.76. The van der Waals surface area contributed by atoms with Gasteiger partial charge in [0, 0.05) is 12.0 Å². The number of hydrogen-bond donors (Lipinski definition) is 2. The average Bonchev–Trinajstić information content (AvgIpc) is 2.46. The van der Waals surface area contributed by atoms with E-state index in [4.69, 9.17) is 0 Å². The second kappa shape index (κ2) is 6.22. The fraction of sp³-hybridized carbons (Fsp3) is 0.600. The van der Waals surface area contributed by atoms with Crippen molar-refractivity contribution < 1.29 is 22.7 Å². The van der Waals surface area contributed by atoms with Gasteiger partial charge < -0.3 is 10.4 Å². The molecule has 21 heavy (non-hydrogen) atoms. The second-order valence-corrected chi connectivity index (χ2v) is 5.76. The van der Waals surface area contributed by atoms with Crippen molar-refractivity contribution in [3.63, 3.8) is 0 Å². The molecule has 1 fully saturated rings. The molecule has 0 aromatic heterocycles. The number of aliphatic hydroxyl groups is 1. The molecule has 0 amide bonds. The number of anilines is 1. The van der Waals surface area contributed by atoms with Crippen LogP contribution in [0.1, 0.15) is 37.7 Å². The molecule has 0 radical (unpaired) electrons. The molecule has 1 aromatic rings. The summed E-state index contributed by atoms with van der Waals surface area (Å²) in [7, 11) is 0. The molecule has 6 heteroatoms. The molecule has 0 unspecified atom stereocenters. The van der Waals surface area contributed by atoms with Gasteiger partial charge in [0.25, 0.3) is 0 Å². The fourth-order valence-electron chi connectivity index (χ4n) is 2.81. The zero-order valence-corrected chi connectivity index (χ0v) is 11.6. The average molecular weight is 305 g/mol. The lowest BCUT2D eigenvalue weighted by atomic mass is 9.74. The Morgan fingerprint density at radius 3 is 2.33 bits per heavy atom. The van der Waals surface area contributed by atoms with Crippen molar-refractivity contribution in [1.29, 1.82) is 0 Å². The van der Waals surface area contributed by atoms with Crippen molar-refractivity contribution in [3.8, 4) is 0 Å². The summed E-state index contributed by atoms with van der Waals surface area (Å²) < 4.78 is 51.2. The van der Waals surface area contributed by atoms with E-state index in [-0.39, 0.29) is 17.7 Å². The summed E-state index contributed by atoms with van der Waals surface area (Å²) in [6.07, 6.45) is 0.290. The standard InChI is InChI=1S/C15H19F4NO/c16-12-8-11(15(17,18)19)4-5-13(12)20-9-14(10-21)6-2-1-3-7-14/h4-5,8,20-21H,1-3,6-7,9-10H2. The van der Waals surface area contributed by atoms with Crippen LogP contribution < -0.4 is 5.32 Å². The van der Waals surface area contributed by atoms with Crippen molar-refractivity contribution in [2.75, 3.05) is 18.5 Å². The van der Waals surface area contributed by atoms with Crippen molar-refractivity contribution in [2.45, 2.75) is 38.3 Å². The Morgan fingerprint density at radius 2 is 1.81 bits per heavy atom. The van der Waals surface area contributed by atoms with Crippen molar-refractivity contribution in [3.05, 3.63) is 29.6 Å². The van der Waals surface area contributed by atoms with Crippen molar-refractivity contribution >= 4 is 5.69 Å². The summed E-state index contributed by atoms with van der Waals surface area (Å²) in [4.78, 5) is 0.